The number of rotatable bonds is 16. The number of hydrogen-bond acceptors (Lipinski definition) is 6. The summed E-state index contributed by atoms with van der Waals surface area (Å²) < 4.78 is 22.3. The lowest BCUT2D eigenvalue weighted by Crippen LogP contribution is -2.44. The second-order valence-corrected chi connectivity index (χ2v) is 12.1. The number of nitrogens with one attached hydrogen (secondary N) is 1. The first-order chi connectivity index (χ1) is 19.0. The van der Waals surface area contributed by atoms with Gasteiger partial charge in [-0.15, -0.1) is 0 Å². The molecule has 39 heavy (non-hydrogen) atoms. The average Bonchev–Trinajstić information content (AvgIpc) is 3.72. The van der Waals surface area contributed by atoms with Crippen LogP contribution in [0.25, 0.3) is 0 Å². The van der Waals surface area contributed by atoms with Gasteiger partial charge in [-0.05, 0) is 93.0 Å². The molecule has 4 atom stereocenters. The third-order valence-corrected chi connectivity index (χ3v) is 9.28. The number of methoxy groups -OCH3 is 2. The highest BCUT2D eigenvalue weighted by Gasteiger charge is 2.40. The highest BCUT2D eigenvalue weighted by Crippen LogP contribution is 2.37. The molecule has 0 bridgehead atoms. The fourth-order valence-electron chi connectivity index (χ4n) is 6.40. The molecule has 2 aliphatic heterocycles. The summed E-state index contributed by atoms with van der Waals surface area (Å²) in [6.07, 6.45) is 8.34. The third kappa shape index (κ3) is 8.58. The largest absolute Gasteiger partial charge is 0.493 e. The number of carbonyl (C=O) groups is 1. The zero-order valence-corrected chi connectivity index (χ0v) is 24.8. The molecule has 1 aromatic carbocycles. The molecule has 1 saturated carbocycles. The highest BCUT2D eigenvalue weighted by molar-refractivity contribution is 5.79. The van der Waals surface area contributed by atoms with Crippen molar-refractivity contribution >= 4 is 5.91 Å². The molecule has 1 unspecified atom stereocenters. The Balaban J connectivity index is 0.00000441. The van der Waals surface area contributed by atoms with Gasteiger partial charge in [0.25, 0.3) is 0 Å². The van der Waals surface area contributed by atoms with Gasteiger partial charge in [-0.25, -0.2) is 0 Å². The van der Waals surface area contributed by atoms with E-state index in [9.17, 15) is 4.79 Å². The molecule has 2 heterocycles. The first-order valence-electron chi connectivity index (χ1n) is 15.4. The van der Waals surface area contributed by atoms with Gasteiger partial charge in [0.15, 0.2) is 11.5 Å². The molecule has 3 fully saturated rings. The lowest BCUT2D eigenvalue weighted by molar-refractivity contribution is -0.140. The minimum absolute atomic E-state index is 0. The van der Waals surface area contributed by atoms with Crippen molar-refractivity contribution in [3.63, 3.8) is 0 Å². The Hall–Kier alpha value is -1.83. The molecular weight excluding hydrogens is 492 g/mol. The van der Waals surface area contributed by atoms with E-state index < -0.39 is 0 Å². The predicted octanol–water partition coefficient (Wildman–Crippen LogP) is 5.20. The van der Waals surface area contributed by atoms with E-state index >= 15 is 0 Å². The topological polar surface area (TPSA) is 69.3 Å². The van der Waals surface area contributed by atoms with Gasteiger partial charge in [0, 0.05) is 53.3 Å². The Morgan fingerprint density at radius 3 is 2.56 bits per heavy atom. The quantitative estimate of drug-likeness (QED) is 0.287. The van der Waals surface area contributed by atoms with Crippen LogP contribution in [0.5, 0.6) is 11.5 Å². The van der Waals surface area contributed by atoms with Crippen molar-refractivity contribution in [2.45, 2.75) is 71.3 Å². The van der Waals surface area contributed by atoms with Crippen molar-refractivity contribution < 1.29 is 25.2 Å². The van der Waals surface area contributed by atoms with Crippen molar-refractivity contribution in [3.05, 3.63) is 23.8 Å². The van der Waals surface area contributed by atoms with E-state index in [0.29, 0.717) is 48.8 Å². The summed E-state index contributed by atoms with van der Waals surface area (Å²) in [5, 5.41) is 3.68. The van der Waals surface area contributed by atoms with Gasteiger partial charge in [0.2, 0.25) is 5.91 Å². The van der Waals surface area contributed by atoms with Crippen LogP contribution >= 0.6 is 0 Å². The van der Waals surface area contributed by atoms with Crippen LogP contribution in [0.15, 0.2) is 18.2 Å². The first kappa shape index (κ1) is 30.1. The molecule has 1 N–H and O–H groups in total. The van der Waals surface area contributed by atoms with Gasteiger partial charge >= 0.3 is 0 Å². The van der Waals surface area contributed by atoms with Crippen LogP contribution in [-0.4, -0.2) is 77.1 Å². The van der Waals surface area contributed by atoms with Crippen LogP contribution in [-0.2, 0) is 20.7 Å². The molecule has 1 amide bonds. The average molecular weight is 547 g/mol. The summed E-state index contributed by atoms with van der Waals surface area (Å²) in [6, 6.07) is 6.88. The van der Waals surface area contributed by atoms with Gasteiger partial charge in [0.05, 0.1) is 13.7 Å². The van der Waals surface area contributed by atoms with Crippen LogP contribution in [0, 0.1) is 29.6 Å². The zero-order chi connectivity index (χ0) is 27.6. The van der Waals surface area contributed by atoms with Gasteiger partial charge in [-0.1, -0.05) is 26.3 Å². The van der Waals surface area contributed by atoms with Gasteiger partial charge in [-0.3, -0.25) is 4.79 Å². The molecule has 1 aliphatic carbocycles. The minimum atomic E-state index is 0. The van der Waals surface area contributed by atoms with Crippen molar-refractivity contribution in [2.75, 3.05) is 60.3 Å². The number of benzene rings is 1. The standard InChI is InChI=1S/C32H52N2O5.H2/c1-5-23(2)26(17-24-7-10-30(37-4)31(18-24)39-14-6-13-36-3)19-27-20-33-21-28(27)22-34(29-8-9-29)32(35)25-11-15-38-16-12-25;/h7,10,18,23,25-29,33H,5-6,8-9,11-17,19-22H2,1-4H3;1H/t23?,26-,27+,28-;/m0./s1. The number of nitrogens with zero attached hydrogens (tertiary/aromatic N) is 1. The summed E-state index contributed by atoms with van der Waals surface area (Å²) >= 11 is 0. The van der Waals surface area contributed by atoms with Crippen molar-refractivity contribution in [3.8, 4) is 11.5 Å². The van der Waals surface area contributed by atoms with Crippen LogP contribution < -0.4 is 14.8 Å². The summed E-state index contributed by atoms with van der Waals surface area (Å²) in [5.74, 6) is 4.47. The van der Waals surface area contributed by atoms with Crippen LogP contribution in [0.1, 0.15) is 65.8 Å². The van der Waals surface area contributed by atoms with Gasteiger partial charge in [0.1, 0.15) is 0 Å². The summed E-state index contributed by atoms with van der Waals surface area (Å²) in [5.41, 5.74) is 1.31. The molecule has 4 rings (SSSR count). The first-order valence-corrected chi connectivity index (χ1v) is 15.4. The Morgan fingerprint density at radius 1 is 1.10 bits per heavy atom. The maximum absolute atomic E-state index is 13.5. The Kier molecular flexibility index (Phi) is 11.8. The fourth-order valence-corrected chi connectivity index (χ4v) is 6.40. The normalized spacial score (nSPS) is 23.4. The molecule has 2 saturated heterocycles. The molecular formula is C32H54N2O5. The number of hydrogen-bond donors (Lipinski definition) is 1. The SMILES string of the molecule is CCC(C)[C@@H](Cc1ccc(OC)c(OCCCOC)c1)C[C@@H]1CNC[C@H]1CN(C(=O)C1CCOCC1)C1CC1.[HH]. The molecule has 0 aromatic heterocycles. The molecule has 0 spiro atoms. The highest BCUT2D eigenvalue weighted by atomic mass is 16.5. The van der Waals surface area contributed by atoms with Crippen molar-refractivity contribution in [1.29, 1.82) is 0 Å². The van der Waals surface area contributed by atoms with Crippen LogP contribution in [0.4, 0.5) is 0 Å². The number of ether oxygens (including phenoxy) is 4. The molecule has 7 heteroatoms. The second-order valence-electron chi connectivity index (χ2n) is 12.1. The van der Waals surface area contributed by atoms with Crippen molar-refractivity contribution in [2.24, 2.45) is 29.6 Å². The summed E-state index contributed by atoms with van der Waals surface area (Å²) in [4.78, 5) is 15.8. The van der Waals surface area contributed by atoms with E-state index in [2.05, 4.69) is 36.2 Å². The van der Waals surface area contributed by atoms with E-state index in [4.69, 9.17) is 18.9 Å². The third-order valence-electron chi connectivity index (χ3n) is 9.28. The van der Waals surface area contributed by atoms with Crippen LogP contribution in [0.2, 0.25) is 0 Å². The van der Waals surface area contributed by atoms with E-state index in [0.717, 1.165) is 70.0 Å². The Labute approximate surface area is 237 Å². The van der Waals surface area contributed by atoms with Crippen LogP contribution in [0.3, 0.4) is 0 Å². The molecule has 7 nitrogen and oxygen atoms in total. The lowest BCUT2D eigenvalue weighted by Gasteiger charge is -2.34. The number of amides is 1. The molecule has 1 aromatic rings. The van der Waals surface area contributed by atoms with E-state index in [-0.39, 0.29) is 7.34 Å². The Morgan fingerprint density at radius 2 is 1.87 bits per heavy atom. The maximum atomic E-state index is 13.5. The summed E-state index contributed by atoms with van der Waals surface area (Å²) in [7, 11) is 3.41. The fraction of sp³-hybridized carbons (Fsp3) is 0.781. The smallest absolute Gasteiger partial charge is 0.226 e. The van der Waals surface area contributed by atoms with Crippen molar-refractivity contribution in [1.82, 2.24) is 10.2 Å². The van der Waals surface area contributed by atoms with E-state index in [1.165, 1.54) is 31.2 Å². The maximum Gasteiger partial charge on any atom is 0.226 e. The lowest BCUT2D eigenvalue weighted by atomic mass is 9.77. The molecule has 222 valence electrons. The molecule has 0 radical (unpaired) electrons. The summed E-state index contributed by atoms with van der Waals surface area (Å²) in [6.45, 7) is 10.4. The monoisotopic (exact) mass is 546 g/mol. The Bertz CT molecular complexity index is 892. The molecule has 3 aliphatic rings. The van der Waals surface area contributed by atoms with E-state index in [1.54, 1.807) is 14.2 Å². The zero-order valence-electron chi connectivity index (χ0n) is 24.8. The number of carbonyl (C=O) groups excluding carboxylic acids is 1. The minimum Gasteiger partial charge on any atom is -0.493 e. The van der Waals surface area contributed by atoms with E-state index in [1.807, 2.05) is 6.07 Å². The van der Waals surface area contributed by atoms with Gasteiger partial charge < -0.3 is 29.2 Å². The van der Waals surface area contributed by atoms with Gasteiger partial charge in [-0.2, -0.15) is 0 Å². The second kappa shape index (κ2) is 15.2. The predicted molar refractivity (Wildman–Crippen MR) is 156 cm³/mol.